The molecule has 0 aliphatic carbocycles. The van der Waals surface area contributed by atoms with Gasteiger partial charge in [-0.1, -0.05) is 12.1 Å². The zero-order chi connectivity index (χ0) is 15.7. The quantitative estimate of drug-likeness (QED) is 0.738. The summed E-state index contributed by atoms with van der Waals surface area (Å²) < 4.78 is 5.38. The van der Waals surface area contributed by atoms with Crippen LogP contribution in [0.2, 0.25) is 0 Å². The molecule has 0 saturated carbocycles. The van der Waals surface area contributed by atoms with E-state index in [2.05, 4.69) is 5.32 Å². The number of aliphatic hydroxyl groups is 1. The zero-order valence-corrected chi connectivity index (χ0v) is 12.5. The molecule has 0 saturated heterocycles. The average molecular weight is 294 g/mol. The summed E-state index contributed by atoms with van der Waals surface area (Å²) in [5, 5.41) is 11.4. The van der Waals surface area contributed by atoms with Crippen molar-refractivity contribution in [1.29, 1.82) is 0 Å². The molecule has 0 aliphatic heterocycles. The van der Waals surface area contributed by atoms with Gasteiger partial charge in [0, 0.05) is 13.1 Å². The maximum absolute atomic E-state index is 12.1. The Labute approximate surface area is 124 Å². The number of nitrogens with zero attached hydrogens (tertiary/aromatic N) is 1. The second kappa shape index (κ2) is 8.97. The van der Waals surface area contributed by atoms with Crippen LogP contribution in [0, 0.1) is 0 Å². The van der Waals surface area contributed by atoms with Crippen molar-refractivity contribution < 1.29 is 19.4 Å². The normalized spacial score (nSPS) is 10.0. The molecule has 2 N–H and O–H groups in total. The van der Waals surface area contributed by atoms with Crippen LogP contribution in [-0.2, 0) is 4.79 Å². The van der Waals surface area contributed by atoms with Crippen LogP contribution < -0.4 is 10.1 Å². The summed E-state index contributed by atoms with van der Waals surface area (Å²) >= 11 is 0. The Kier molecular flexibility index (Phi) is 7.25. The predicted molar refractivity (Wildman–Crippen MR) is 79.3 cm³/mol. The first-order chi connectivity index (χ1) is 10.1. The van der Waals surface area contributed by atoms with Crippen molar-refractivity contribution in [2.45, 2.75) is 13.8 Å². The number of rotatable bonds is 8. The second-order valence-electron chi connectivity index (χ2n) is 4.31. The molecule has 1 rings (SSSR count). The predicted octanol–water partition coefficient (Wildman–Crippen LogP) is 0.656. The Morgan fingerprint density at radius 2 is 2.00 bits per heavy atom. The summed E-state index contributed by atoms with van der Waals surface area (Å²) in [6.07, 6.45) is 0. The fraction of sp³-hybridized carbons (Fsp3) is 0.467. The number of likely N-dealkylation sites (N-methyl/N-ethyl adjacent to an activating group) is 1. The third-order valence-corrected chi connectivity index (χ3v) is 2.94. The molecular weight excluding hydrogens is 272 g/mol. The van der Waals surface area contributed by atoms with E-state index in [4.69, 9.17) is 9.84 Å². The molecule has 0 aromatic heterocycles. The molecule has 0 fully saturated rings. The molecule has 1 aromatic carbocycles. The molecule has 2 amide bonds. The molecule has 21 heavy (non-hydrogen) atoms. The molecule has 0 bridgehead atoms. The van der Waals surface area contributed by atoms with Crippen molar-refractivity contribution >= 4 is 11.8 Å². The number of carbonyl (C=O) groups is 2. The van der Waals surface area contributed by atoms with Crippen molar-refractivity contribution in [3.8, 4) is 5.75 Å². The van der Waals surface area contributed by atoms with Gasteiger partial charge in [-0.3, -0.25) is 9.59 Å². The summed E-state index contributed by atoms with van der Waals surface area (Å²) in [5.41, 5.74) is 0.400. The first kappa shape index (κ1) is 17.0. The van der Waals surface area contributed by atoms with Crippen LogP contribution in [0.3, 0.4) is 0 Å². The highest BCUT2D eigenvalue weighted by Gasteiger charge is 2.15. The molecule has 6 nitrogen and oxygen atoms in total. The third-order valence-electron chi connectivity index (χ3n) is 2.94. The molecule has 0 unspecified atom stereocenters. The fourth-order valence-electron chi connectivity index (χ4n) is 1.88. The van der Waals surface area contributed by atoms with Gasteiger partial charge in [0.25, 0.3) is 5.91 Å². The topological polar surface area (TPSA) is 78.9 Å². The third kappa shape index (κ3) is 5.07. The van der Waals surface area contributed by atoms with Crippen LogP contribution in [0.5, 0.6) is 5.75 Å². The molecule has 0 atom stereocenters. The Morgan fingerprint density at radius 1 is 1.29 bits per heavy atom. The first-order valence-corrected chi connectivity index (χ1v) is 7.02. The van der Waals surface area contributed by atoms with E-state index in [1.54, 1.807) is 24.3 Å². The first-order valence-electron chi connectivity index (χ1n) is 7.02. The standard InChI is InChI=1S/C15H22N2O4/c1-3-17(9-10-18)14(19)11-16-15(20)12-7-5-6-8-13(12)21-4-2/h5-8,18H,3-4,9-11H2,1-2H3,(H,16,20). The second-order valence-corrected chi connectivity index (χ2v) is 4.31. The maximum Gasteiger partial charge on any atom is 0.255 e. The van der Waals surface area contributed by atoms with Gasteiger partial charge in [0.05, 0.1) is 25.3 Å². The fourth-order valence-corrected chi connectivity index (χ4v) is 1.88. The number of nitrogens with one attached hydrogen (secondary N) is 1. The number of benzene rings is 1. The summed E-state index contributed by atoms with van der Waals surface area (Å²) in [5.74, 6) is -0.0890. The molecule has 0 aliphatic rings. The van der Waals surface area contributed by atoms with E-state index in [-0.39, 0.29) is 31.5 Å². The number of carbonyl (C=O) groups excluding carboxylic acids is 2. The van der Waals surface area contributed by atoms with E-state index < -0.39 is 0 Å². The molecule has 1 aromatic rings. The number of hydrogen-bond acceptors (Lipinski definition) is 4. The molecule has 0 spiro atoms. The minimum absolute atomic E-state index is 0.0965. The van der Waals surface area contributed by atoms with E-state index in [1.165, 1.54) is 4.90 Å². The summed E-state index contributed by atoms with van der Waals surface area (Å²) in [6, 6.07) is 6.89. The number of ether oxygens (including phenoxy) is 1. The van der Waals surface area contributed by atoms with E-state index in [0.29, 0.717) is 24.5 Å². The minimum atomic E-state index is -0.354. The SMILES string of the molecule is CCOc1ccccc1C(=O)NCC(=O)N(CC)CCO. The van der Waals surface area contributed by atoms with Gasteiger partial charge >= 0.3 is 0 Å². The monoisotopic (exact) mass is 294 g/mol. The van der Waals surface area contributed by atoms with Crippen molar-refractivity contribution in [3.05, 3.63) is 29.8 Å². The molecule has 116 valence electrons. The van der Waals surface area contributed by atoms with E-state index in [9.17, 15) is 9.59 Å². The Hall–Kier alpha value is -2.08. The van der Waals surface area contributed by atoms with Crippen molar-refractivity contribution in [3.63, 3.8) is 0 Å². The number of para-hydroxylation sites is 1. The number of aliphatic hydroxyl groups excluding tert-OH is 1. The van der Waals surface area contributed by atoms with Gasteiger partial charge in [-0.25, -0.2) is 0 Å². The summed E-state index contributed by atoms with van der Waals surface area (Å²) in [6.45, 7) is 4.68. The highest BCUT2D eigenvalue weighted by Crippen LogP contribution is 2.17. The van der Waals surface area contributed by atoms with Crippen LogP contribution in [0.4, 0.5) is 0 Å². The minimum Gasteiger partial charge on any atom is -0.493 e. The van der Waals surface area contributed by atoms with Gasteiger partial charge in [0.1, 0.15) is 5.75 Å². The average Bonchev–Trinajstić information content (AvgIpc) is 2.50. The van der Waals surface area contributed by atoms with Gasteiger partial charge in [-0.15, -0.1) is 0 Å². The van der Waals surface area contributed by atoms with E-state index in [0.717, 1.165) is 0 Å². The molecule has 0 radical (unpaired) electrons. The highest BCUT2D eigenvalue weighted by molar-refractivity contribution is 5.98. The van der Waals surface area contributed by atoms with Crippen LogP contribution in [0.25, 0.3) is 0 Å². The lowest BCUT2D eigenvalue weighted by Crippen LogP contribution is -2.41. The van der Waals surface area contributed by atoms with E-state index >= 15 is 0 Å². The number of hydrogen-bond donors (Lipinski definition) is 2. The summed E-state index contributed by atoms with van der Waals surface area (Å²) in [7, 11) is 0. The lowest BCUT2D eigenvalue weighted by molar-refractivity contribution is -0.130. The van der Waals surface area contributed by atoms with Crippen LogP contribution in [0.1, 0.15) is 24.2 Å². The van der Waals surface area contributed by atoms with E-state index in [1.807, 2.05) is 13.8 Å². The van der Waals surface area contributed by atoms with Gasteiger partial charge in [-0.2, -0.15) is 0 Å². The maximum atomic E-state index is 12.1. The summed E-state index contributed by atoms with van der Waals surface area (Å²) in [4.78, 5) is 25.5. The van der Waals surface area contributed by atoms with Crippen molar-refractivity contribution in [1.82, 2.24) is 10.2 Å². The highest BCUT2D eigenvalue weighted by atomic mass is 16.5. The largest absolute Gasteiger partial charge is 0.493 e. The van der Waals surface area contributed by atoms with Crippen molar-refractivity contribution in [2.75, 3.05) is 32.8 Å². The Balaban J connectivity index is 2.63. The van der Waals surface area contributed by atoms with Crippen LogP contribution in [0.15, 0.2) is 24.3 Å². The lowest BCUT2D eigenvalue weighted by Gasteiger charge is -2.20. The Morgan fingerprint density at radius 3 is 2.62 bits per heavy atom. The van der Waals surface area contributed by atoms with Crippen LogP contribution >= 0.6 is 0 Å². The van der Waals surface area contributed by atoms with Gasteiger partial charge in [-0.05, 0) is 26.0 Å². The molecule has 6 heteroatoms. The number of amides is 2. The zero-order valence-electron chi connectivity index (χ0n) is 12.5. The molecule has 0 heterocycles. The van der Waals surface area contributed by atoms with Gasteiger partial charge in [0.2, 0.25) is 5.91 Å². The van der Waals surface area contributed by atoms with Gasteiger partial charge < -0.3 is 20.1 Å². The van der Waals surface area contributed by atoms with Gasteiger partial charge in [0.15, 0.2) is 0 Å². The molecular formula is C15H22N2O4. The Bertz CT molecular complexity index is 476. The van der Waals surface area contributed by atoms with Crippen molar-refractivity contribution in [2.24, 2.45) is 0 Å². The smallest absolute Gasteiger partial charge is 0.255 e. The lowest BCUT2D eigenvalue weighted by atomic mass is 10.2. The van der Waals surface area contributed by atoms with Crippen LogP contribution in [-0.4, -0.2) is 54.7 Å².